The zero-order valence-electron chi connectivity index (χ0n) is 20.0. The number of carbonyl (C=O) groups is 4. The Kier molecular flexibility index (Phi) is 6.24. The summed E-state index contributed by atoms with van der Waals surface area (Å²) in [6, 6.07) is 10.7. The molecule has 1 atom stereocenters. The van der Waals surface area contributed by atoms with Crippen LogP contribution < -0.4 is 5.32 Å². The van der Waals surface area contributed by atoms with E-state index in [-0.39, 0.29) is 23.8 Å². The van der Waals surface area contributed by atoms with E-state index in [9.17, 15) is 19.2 Å². The molecule has 0 spiro atoms. The van der Waals surface area contributed by atoms with Crippen LogP contribution in [0, 0.1) is 0 Å². The number of nitrogens with one attached hydrogen (secondary N) is 1. The minimum atomic E-state index is -1.22. The summed E-state index contributed by atoms with van der Waals surface area (Å²) < 4.78 is 0. The second-order valence-electron chi connectivity index (χ2n) is 9.92. The van der Waals surface area contributed by atoms with Gasteiger partial charge in [-0.05, 0) is 34.9 Å². The fraction of sp³-hybridized carbons (Fsp3) is 0.440. The molecule has 9 heteroatoms. The number of hydrogen-bond donors (Lipinski definition) is 1. The highest BCUT2D eigenvalue weighted by molar-refractivity contribution is 7.12. The van der Waals surface area contributed by atoms with Crippen LogP contribution in [0.25, 0.3) is 0 Å². The van der Waals surface area contributed by atoms with Crippen LogP contribution in [-0.2, 0) is 20.5 Å². The lowest BCUT2D eigenvalue weighted by Gasteiger charge is -2.35. The predicted octanol–water partition coefficient (Wildman–Crippen LogP) is 2.80. The van der Waals surface area contributed by atoms with Crippen LogP contribution in [0.3, 0.4) is 0 Å². The number of piperazine rings is 1. The van der Waals surface area contributed by atoms with Crippen molar-refractivity contribution in [1.82, 2.24) is 20.0 Å². The van der Waals surface area contributed by atoms with E-state index in [0.29, 0.717) is 36.6 Å². The smallest absolute Gasteiger partial charge is 0.325 e. The maximum Gasteiger partial charge on any atom is 0.325 e. The first kappa shape index (κ1) is 23.9. The molecule has 4 rings (SSSR count). The molecule has 0 aliphatic carbocycles. The zero-order valence-corrected chi connectivity index (χ0v) is 20.8. The van der Waals surface area contributed by atoms with Gasteiger partial charge >= 0.3 is 6.03 Å². The summed E-state index contributed by atoms with van der Waals surface area (Å²) in [4.78, 5) is 56.3. The van der Waals surface area contributed by atoms with Crippen molar-refractivity contribution in [3.8, 4) is 0 Å². The molecule has 8 nitrogen and oxygen atoms in total. The molecule has 3 heterocycles. The zero-order chi connectivity index (χ0) is 24.7. The minimum absolute atomic E-state index is 0.0285. The topological polar surface area (TPSA) is 90.0 Å². The lowest BCUT2D eigenvalue weighted by Crippen LogP contribution is -2.53. The molecule has 1 aromatic carbocycles. The van der Waals surface area contributed by atoms with Gasteiger partial charge in [0.1, 0.15) is 12.1 Å². The number of rotatable bonds is 4. The van der Waals surface area contributed by atoms with Gasteiger partial charge in [-0.3, -0.25) is 19.3 Å². The largest absolute Gasteiger partial charge is 0.338 e. The van der Waals surface area contributed by atoms with Crippen LogP contribution in [0.5, 0.6) is 0 Å². The third-order valence-electron chi connectivity index (χ3n) is 6.55. The van der Waals surface area contributed by atoms with Crippen molar-refractivity contribution in [3.05, 3.63) is 57.8 Å². The molecular formula is C25H30N4O4S. The van der Waals surface area contributed by atoms with Crippen molar-refractivity contribution in [2.24, 2.45) is 0 Å². The van der Waals surface area contributed by atoms with Crippen LogP contribution in [0.2, 0.25) is 0 Å². The van der Waals surface area contributed by atoms with Gasteiger partial charge in [-0.15, -0.1) is 11.3 Å². The number of thiophene rings is 1. The third-order valence-corrected chi connectivity index (χ3v) is 7.41. The van der Waals surface area contributed by atoms with E-state index in [4.69, 9.17) is 0 Å². The molecule has 34 heavy (non-hydrogen) atoms. The Labute approximate surface area is 203 Å². The highest BCUT2D eigenvalue weighted by atomic mass is 32.1. The summed E-state index contributed by atoms with van der Waals surface area (Å²) in [7, 11) is 0. The van der Waals surface area contributed by atoms with Gasteiger partial charge in [0.2, 0.25) is 5.91 Å². The van der Waals surface area contributed by atoms with Crippen molar-refractivity contribution in [1.29, 1.82) is 0 Å². The van der Waals surface area contributed by atoms with Crippen molar-refractivity contribution in [3.63, 3.8) is 0 Å². The van der Waals surface area contributed by atoms with Crippen LogP contribution in [0.4, 0.5) is 4.79 Å². The van der Waals surface area contributed by atoms with Gasteiger partial charge in [-0.2, -0.15) is 0 Å². The van der Waals surface area contributed by atoms with Gasteiger partial charge < -0.3 is 15.1 Å². The molecule has 2 fully saturated rings. The van der Waals surface area contributed by atoms with E-state index in [2.05, 4.69) is 26.1 Å². The Bertz CT molecular complexity index is 1100. The van der Waals surface area contributed by atoms with Crippen LogP contribution >= 0.6 is 11.3 Å². The van der Waals surface area contributed by atoms with E-state index in [1.54, 1.807) is 22.8 Å². The van der Waals surface area contributed by atoms with E-state index in [1.807, 2.05) is 35.7 Å². The maximum atomic E-state index is 13.2. The number of imide groups is 1. The molecule has 2 aliphatic rings. The first-order valence-corrected chi connectivity index (χ1v) is 12.2. The highest BCUT2D eigenvalue weighted by Gasteiger charge is 2.49. The predicted molar refractivity (Wildman–Crippen MR) is 130 cm³/mol. The summed E-state index contributed by atoms with van der Waals surface area (Å²) in [6.45, 7) is 9.24. The SMILES string of the molecule is CC(C)(C)c1ccc([C@@]2(C)NC(=O)N(CC(=O)N3CCN(C(=O)c4cccs4)CC3)C2=O)cc1. The fourth-order valence-corrected chi connectivity index (χ4v) is 4.98. The average molecular weight is 483 g/mol. The van der Waals surface area contributed by atoms with Gasteiger partial charge in [0, 0.05) is 26.2 Å². The quantitative estimate of drug-likeness (QED) is 0.679. The van der Waals surface area contributed by atoms with Crippen molar-refractivity contribution in [2.75, 3.05) is 32.7 Å². The number of hydrogen-bond acceptors (Lipinski definition) is 5. The molecule has 2 aromatic rings. The summed E-state index contributed by atoms with van der Waals surface area (Å²) in [6.07, 6.45) is 0. The Morgan fingerprint density at radius 3 is 2.18 bits per heavy atom. The average Bonchev–Trinajstić information content (AvgIpc) is 3.42. The number of nitrogens with zero attached hydrogens (tertiary/aromatic N) is 3. The van der Waals surface area contributed by atoms with Crippen LogP contribution in [0.1, 0.15) is 48.5 Å². The normalized spacial score (nSPS) is 21.1. The Hall–Kier alpha value is -3.20. The maximum absolute atomic E-state index is 13.2. The molecule has 0 saturated carbocycles. The van der Waals surface area contributed by atoms with E-state index in [0.717, 1.165) is 10.5 Å². The summed E-state index contributed by atoms with van der Waals surface area (Å²) in [5, 5.41) is 4.62. The third kappa shape index (κ3) is 4.44. The Morgan fingerprint density at radius 1 is 1.00 bits per heavy atom. The van der Waals surface area contributed by atoms with E-state index >= 15 is 0 Å². The van der Waals surface area contributed by atoms with Gasteiger partial charge in [-0.25, -0.2) is 4.79 Å². The lowest BCUT2D eigenvalue weighted by atomic mass is 9.84. The van der Waals surface area contributed by atoms with Gasteiger partial charge in [0.15, 0.2) is 0 Å². The molecule has 0 radical (unpaired) electrons. The van der Waals surface area contributed by atoms with Crippen LogP contribution in [-0.4, -0.2) is 71.2 Å². The Balaban J connectivity index is 1.39. The molecule has 2 saturated heterocycles. The molecular weight excluding hydrogens is 452 g/mol. The molecule has 2 aliphatic heterocycles. The minimum Gasteiger partial charge on any atom is -0.338 e. The molecule has 1 N–H and O–H groups in total. The monoisotopic (exact) mass is 482 g/mol. The van der Waals surface area contributed by atoms with Crippen molar-refractivity contribution < 1.29 is 19.2 Å². The second-order valence-corrected chi connectivity index (χ2v) is 10.9. The fourth-order valence-electron chi connectivity index (χ4n) is 4.29. The van der Waals surface area contributed by atoms with E-state index < -0.39 is 17.5 Å². The van der Waals surface area contributed by atoms with Crippen LogP contribution in [0.15, 0.2) is 41.8 Å². The number of benzene rings is 1. The highest BCUT2D eigenvalue weighted by Crippen LogP contribution is 2.31. The first-order valence-electron chi connectivity index (χ1n) is 11.4. The van der Waals surface area contributed by atoms with E-state index in [1.165, 1.54) is 11.3 Å². The lowest BCUT2D eigenvalue weighted by molar-refractivity contribution is -0.139. The first-order chi connectivity index (χ1) is 16.0. The molecule has 180 valence electrons. The molecule has 5 amide bonds. The van der Waals surface area contributed by atoms with Gasteiger partial charge in [-0.1, -0.05) is 51.1 Å². The second kappa shape index (κ2) is 8.87. The number of amides is 5. The van der Waals surface area contributed by atoms with Crippen molar-refractivity contribution in [2.45, 2.75) is 38.6 Å². The molecule has 0 bridgehead atoms. The Morgan fingerprint density at radius 2 is 1.62 bits per heavy atom. The standard InChI is InChI=1S/C25H30N4O4S/c1-24(2,3)17-7-9-18(10-8-17)25(4)22(32)29(23(33)26-25)16-20(30)27-11-13-28(14-12-27)21(31)19-6-5-15-34-19/h5-10,15H,11-14,16H2,1-4H3,(H,26,33)/t25-/m1/s1. The van der Waals surface area contributed by atoms with Crippen molar-refractivity contribution >= 4 is 35.1 Å². The number of urea groups is 1. The van der Waals surface area contributed by atoms with Gasteiger partial charge in [0.25, 0.3) is 11.8 Å². The summed E-state index contributed by atoms with van der Waals surface area (Å²) in [5.41, 5.74) is 0.550. The van der Waals surface area contributed by atoms with Gasteiger partial charge in [0.05, 0.1) is 4.88 Å². The molecule has 0 unspecified atom stereocenters. The summed E-state index contributed by atoms with van der Waals surface area (Å²) in [5.74, 6) is -0.788. The number of carbonyl (C=O) groups excluding carboxylic acids is 4. The molecule has 1 aromatic heterocycles. The summed E-state index contributed by atoms with van der Waals surface area (Å²) >= 11 is 1.39.